The van der Waals surface area contributed by atoms with Crippen LogP contribution in [0.15, 0.2) is 36.4 Å². The molecule has 2 unspecified atom stereocenters. The molecule has 0 radical (unpaired) electrons. The van der Waals surface area contributed by atoms with E-state index in [-0.39, 0.29) is 23.6 Å². The molecule has 0 bridgehead atoms. The number of carbonyl (C=O) groups excluding carboxylic acids is 1. The lowest BCUT2D eigenvalue weighted by Crippen LogP contribution is -2.28. The van der Waals surface area contributed by atoms with E-state index < -0.39 is 0 Å². The van der Waals surface area contributed by atoms with E-state index >= 15 is 0 Å². The highest BCUT2D eigenvalue weighted by Gasteiger charge is 2.44. The number of fused-ring (bicyclic) bond motifs is 1. The lowest BCUT2D eigenvalue weighted by molar-refractivity contribution is -0.122. The van der Waals surface area contributed by atoms with Gasteiger partial charge in [0, 0.05) is 25.9 Å². The van der Waals surface area contributed by atoms with Gasteiger partial charge in [0.2, 0.25) is 5.91 Å². The number of hydrogen-bond acceptors (Lipinski definition) is 2. The number of hydrogen-bond donors (Lipinski definition) is 1. The van der Waals surface area contributed by atoms with Gasteiger partial charge in [-0.15, -0.1) is 0 Å². The summed E-state index contributed by atoms with van der Waals surface area (Å²) in [7, 11) is 1.85. The molecule has 1 fully saturated rings. The molecule has 1 aliphatic carbocycles. The van der Waals surface area contributed by atoms with Gasteiger partial charge in [-0.1, -0.05) is 41.4 Å². The highest BCUT2D eigenvalue weighted by molar-refractivity contribution is 6.42. The summed E-state index contributed by atoms with van der Waals surface area (Å²) in [5.41, 5.74) is 2.03. The standard InChI is InChI=1S/C20H18Cl2FN3O/c1-26-16-7-3-6-15(23)19(16)25-17(26)8-9-24-20(27)13-10-12(13)11-4-2-5-14(21)18(11)22/h2-7,12-13H,8-10H2,1H3,(H,24,27). The summed E-state index contributed by atoms with van der Waals surface area (Å²) in [5.74, 6) is 0.430. The Labute approximate surface area is 166 Å². The largest absolute Gasteiger partial charge is 0.355 e. The molecular weight excluding hydrogens is 388 g/mol. The van der Waals surface area contributed by atoms with Gasteiger partial charge in [-0.25, -0.2) is 9.37 Å². The van der Waals surface area contributed by atoms with Crippen LogP contribution in [0.3, 0.4) is 0 Å². The molecule has 3 aromatic rings. The number of carbonyl (C=O) groups is 1. The Morgan fingerprint density at radius 1 is 1.30 bits per heavy atom. The van der Waals surface area contributed by atoms with Gasteiger partial charge in [-0.3, -0.25) is 4.79 Å². The second-order valence-corrected chi connectivity index (χ2v) is 7.61. The highest BCUT2D eigenvalue weighted by Crippen LogP contribution is 2.50. The van der Waals surface area contributed by atoms with Gasteiger partial charge >= 0.3 is 0 Å². The maximum Gasteiger partial charge on any atom is 0.223 e. The predicted octanol–water partition coefficient (Wildman–Crippen LogP) is 4.48. The van der Waals surface area contributed by atoms with Crippen LogP contribution in [-0.2, 0) is 18.3 Å². The molecule has 27 heavy (non-hydrogen) atoms. The van der Waals surface area contributed by atoms with Gasteiger partial charge in [0.15, 0.2) is 5.82 Å². The minimum absolute atomic E-state index is 0.000914. The molecule has 1 saturated carbocycles. The Balaban J connectivity index is 1.36. The molecule has 1 aliphatic rings. The van der Waals surface area contributed by atoms with E-state index in [4.69, 9.17) is 23.2 Å². The number of benzene rings is 2. The quantitative estimate of drug-likeness (QED) is 0.679. The van der Waals surface area contributed by atoms with Crippen LogP contribution in [0.1, 0.15) is 23.7 Å². The van der Waals surface area contributed by atoms with Gasteiger partial charge in [-0.2, -0.15) is 0 Å². The maximum absolute atomic E-state index is 13.8. The fraction of sp³-hybridized carbons (Fsp3) is 0.300. The molecule has 0 spiro atoms. The Hall–Kier alpha value is -2.11. The van der Waals surface area contributed by atoms with Crippen molar-refractivity contribution in [3.8, 4) is 0 Å². The SMILES string of the molecule is Cn1c(CCNC(=O)C2CC2c2cccc(Cl)c2Cl)nc2c(F)cccc21. The van der Waals surface area contributed by atoms with Crippen molar-refractivity contribution in [1.82, 2.24) is 14.9 Å². The number of halogens is 3. The average molecular weight is 406 g/mol. The zero-order valence-corrected chi connectivity index (χ0v) is 16.2. The van der Waals surface area contributed by atoms with Crippen LogP contribution in [0.25, 0.3) is 11.0 Å². The lowest BCUT2D eigenvalue weighted by Gasteiger charge is -2.07. The molecule has 140 valence electrons. The average Bonchev–Trinajstić information content (AvgIpc) is 3.38. The van der Waals surface area contributed by atoms with Crippen LogP contribution >= 0.6 is 23.2 Å². The van der Waals surface area contributed by atoms with Gasteiger partial charge in [-0.05, 0) is 36.1 Å². The first-order valence-corrected chi connectivity index (χ1v) is 9.54. The Morgan fingerprint density at radius 2 is 2.07 bits per heavy atom. The number of nitrogens with zero attached hydrogens (tertiary/aromatic N) is 2. The van der Waals surface area contributed by atoms with Crippen molar-refractivity contribution in [2.75, 3.05) is 6.54 Å². The fourth-order valence-corrected chi connectivity index (χ4v) is 3.96. The first-order valence-electron chi connectivity index (χ1n) is 8.79. The summed E-state index contributed by atoms with van der Waals surface area (Å²) < 4.78 is 15.7. The second kappa shape index (κ2) is 7.13. The molecule has 7 heteroatoms. The van der Waals surface area contributed by atoms with Crippen molar-refractivity contribution in [2.24, 2.45) is 13.0 Å². The van der Waals surface area contributed by atoms with E-state index in [0.29, 0.717) is 28.5 Å². The smallest absolute Gasteiger partial charge is 0.223 e. The molecular formula is C20H18Cl2FN3O. The Kier molecular flexibility index (Phi) is 4.82. The second-order valence-electron chi connectivity index (χ2n) is 6.83. The van der Waals surface area contributed by atoms with Gasteiger partial charge < -0.3 is 9.88 Å². The first-order chi connectivity index (χ1) is 13.0. The highest BCUT2D eigenvalue weighted by atomic mass is 35.5. The van der Waals surface area contributed by atoms with Crippen LogP contribution in [0.4, 0.5) is 4.39 Å². The van der Waals surface area contributed by atoms with Crippen LogP contribution < -0.4 is 5.32 Å². The molecule has 4 rings (SSSR count). The maximum atomic E-state index is 13.8. The molecule has 2 atom stereocenters. The summed E-state index contributed by atoms with van der Waals surface area (Å²) >= 11 is 12.3. The van der Waals surface area contributed by atoms with Crippen molar-refractivity contribution < 1.29 is 9.18 Å². The number of para-hydroxylation sites is 1. The summed E-state index contributed by atoms with van der Waals surface area (Å²) in [6.45, 7) is 0.449. The van der Waals surface area contributed by atoms with E-state index in [1.807, 2.05) is 29.8 Å². The number of nitrogens with one attached hydrogen (secondary N) is 1. The van der Waals surface area contributed by atoms with Crippen molar-refractivity contribution in [3.63, 3.8) is 0 Å². The van der Waals surface area contributed by atoms with Crippen LogP contribution in [0.5, 0.6) is 0 Å². The Bertz CT molecular complexity index is 1030. The molecule has 1 heterocycles. The zero-order chi connectivity index (χ0) is 19.1. The number of aryl methyl sites for hydroxylation is 1. The van der Waals surface area contributed by atoms with Crippen LogP contribution in [0.2, 0.25) is 10.0 Å². The van der Waals surface area contributed by atoms with E-state index in [0.717, 1.165) is 23.3 Å². The van der Waals surface area contributed by atoms with Gasteiger partial charge in [0.05, 0.1) is 15.6 Å². The van der Waals surface area contributed by atoms with Gasteiger partial charge in [0.25, 0.3) is 0 Å². The first kappa shape index (κ1) is 18.3. The number of amides is 1. The van der Waals surface area contributed by atoms with Crippen LogP contribution in [-0.4, -0.2) is 22.0 Å². The number of rotatable bonds is 5. The van der Waals surface area contributed by atoms with E-state index in [2.05, 4.69) is 10.3 Å². The third kappa shape index (κ3) is 3.42. The minimum atomic E-state index is -0.336. The number of imidazole rings is 1. The third-order valence-electron chi connectivity index (χ3n) is 5.11. The van der Waals surface area contributed by atoms with Gasteiger partial charge in [0.1, 0.15) is 11.3 Å². The molecule has 0 aliphatic heterocycles. The normalized spacial score (nSPS) is 18.7. The number of aromatic nitrogens is 2. The summed E-state index contributed by atoms with van der Waals surface area (Å²) in [4.78, 5) is 16.8. The summed E-state index contributed by atoms with van der Waals surface area (Å²) in [6, 6.07) is 10.4. The van der Waals surface area contributed by atoms with Crippen LogP contribution in [0, 0.1) is 11.7 Å². The molecule has 2 aromatic carbocycles. The van der Waals surface area contributed by atoms with Crippen molar-refractivity contribution in [2.45, 2.75) is 18.8 Å². The Morgan fingerprint density at radius 3 is 2.85 bits per heavy atom. The van der Waals surface area contributed by atoms with Crippen molar-refractivity contribution >= 4 is 40.1 Å². The predicted molar refractivity (Wildman–Crippen MR) is 105 cm³/mol. The van der Waals surface area contributed by atoms with E-state index in [1.54, 1.807) is 12.1 Å². The van der Waals surface area contributed by atoms with E-state index in [9.17, 15) is 9.18 Å². The van der Waals surface area contributed by atoms with Crippen molar-refractivity contribution in [1.29, 1.82) is 0 Å². The van der Waals surface area contributed by atoms with E-state index in [1.165, 1.54) is 6.07 Å². The minimum Gasteiger partial charge on any atom is -0.355 e. The summed E-state index contributed by atoms with van der Waals surface area (Å²) in [6.07, 6.45) is 1.30. The fourth-order valence-electron chi connectivity index (χ4n) is 3.52. The molecule has 4 nitrogen and oxygen atoms in total. The topological polar surface area (TPSA) is 46.9 Å². The third-order valence-corrected chi connectivity index (χ3v) is 5.94. The van der Waals surface area contributed by atoms with Crippen molar-refractivity contribution in [3.05, 3.63) is 63.6 Å². The molecule has 1 N–H and O–H groups in total. The summed E-state index contributed by atoms with van der Waals surface area (Å²) in [5, 5.41) is 3.99. The molecule has 0 saturated heterocycles. The zero-order valence-electron chi connectivity index (χ0n) is 14.7. The lowest BCUT2D eigenvalue weighted by atomic mass is 10.1. The monoisotopic (exact) mass is 405 g/mol. The molecule has 1 amide bonds. The molecule has 1 aromatic heterocycles.